The van der Waals surface area contributed by atoms with Gasteiger partial charge in [-0.3, -0.25) is 9.59 Å². The molecule has 1 heterocycles. The van der Waals surface area contributed by atoms with Crippen LogP contribution in [-0.4, -0.2) is 60.2 Å². The topological polar surface area (TPSA) is 162 Å². The first-order valence-electron chi connectivity index (χ1n) is 12.0. The summed E-state index contributed by atoms with van der Waals surface area (Å²) in [6, 6.07) is 16.0. The van der Waals surface area contributed by atoms with E-state index in [2.05, 4.69) is 15.7 Å². The van der Waals surface area contributed by atoms with Gasteiger partial charge in [-0.2, -0.15) is 4.99 Å². The predicted molar refractivity (Wildman–Crippen MR) is 136 cm³/mol. The van der Waals surface area contributed by atoms with E-state index in [1.165, 1.54) is 0 Å². The molecule has 1 aliphatic rings. The smallest absolute Gasteiger partial charge is 0.435 e. The van der Waals surface area contributed by atoms with E-state index in [1.54, 1.807) is 38.1 Å². The van der Waals surface area contributed by atoms with Gasteiger partial charge in [0.05, 0.1) is 25.7 Å². The van der Waals surface area contributed by atoms with Gasteiger partial charge in [0.25, 0.3) is 5.91 Å². The number of morpholine rings is 1. The van der Waals surface area contributed by atoms with Crippen LogP contribution in [0, 0.1) is 0 Å². The van der Waals surface area contributed by atoms with Crippen LogP contribution < -0.4 is 16.5 Å². The Morgan fingerprint density at radius 3 is 2.50 bits per heavy atom. The number of hydrazine groups is 1. The molecule has 0 aliphatic carbocycles. The van der Waals surface area contributed by atoms with Gasteiger partial charge in [0.1, 0.15) is 18.5 Å². The van der Waals surface area contributed by atoms with Crippen LogP contribution >= 0.6 is 0 Å². The van der Waals surface area contributed by atoms with Gasteiger partial charge in [0, 0.05) is 12.1 Å². The molecule has 0 aromatic heterocycles. The highest BCUT2D eigenvalue weighted by Gasteiger charge is 2.32. The fourth-order valence-electron chi connectivity index (χ4n) is 3.40. The molecule has 1 saturated heterocycles. The van der Waals surface area contributed by atoms with Gasteiger partial charge < -0.3 is 25.3 Å². The molecular weight excluding hydrogens is 494 g/mol. The number of carbonyl (C=O) groups is 4. The minimum absolute atomic E-state index is 0.00189. The van der Waals surface area contributed by atoms with Crippen molar-refractivity contribution in [3.05, 3.63) is 71.3 Å². The SMILES string of the molecule is CC(C)OC(=O)NN1CCO[C@H](CC(=O)NCc2ccc(/C(N)=N/C(=O)OCc3ccccc3)cc2)C1=O. The molecule has 4 N–H and O–H groups in total. The van der Waals surface area contributed by atoms with Crippen molar-refractivity contribution in [2.24, 2.45) is 10.7 Å². The van der Waals surface area contributed by atoms with E-state index in [0.717, 1.165) is 16.1 Å². The molecule has 3 rings (SSSR count). The third kappa shape index (κ3) is 8.89. The Labute approximate surface area is 220 Å². The summed E-state index contributed by atoms with van der Waals surface area (Å²) in [5.74, 6) is -0.933. The zero-order chi connectivity index (χ0) is 27.5. The Morgan fingerprint density at radius 1 is 1.11 bits per heavy atom. The second kappa shape index (κ2) is 13.7. The maximum atomic E-state index is 12.5. The summed E-state index contributed by atoms with van der Waals surface area (Å²) in [5.41, 5.74) is 10.4. The molecule has 12 heteroatoms. The summed E-state index contributed by atoms with van der Waals surface area (Å²) < 4.78 is 15.5. The van der Waals surface area contributed by atoms with Crippen molar-refractivity contribution < 1.29 is 33.4 Å². The average molecular weight is 526 g/mol. The van der Waals surface area contributed by atoms with Crippen molar-refractivity contribution in [2.75, 3.05) is 13.2 Å². The molecular formula is C26H31N5O7. The van der Waals surface area contributed by atoms with Crippen molar-refractivity contribution >= 4 is 29.8 Å². The van der Waals surface area contributed by atoms with Gasteiger partial charge in [-0.25, -0.2) is 20.0 Å². The molecule has 38 heavy (non-hydrogen) atoms. The van der Waals surface area contributed by atoms with E-state index >= 15 is 0 Å². The number of hydrogen-bond donors (Lipinski definition) is 3. The number of carbonyl (C=O) groups excluding carboxylic acids is 4. The largest absolute Gasteiger partial charge is 0.446 e. The number of amides is 4. The van der Waals surface area contributed by atoms with Crippen molar-refractivity contribution in [1.29, 1.82) is 0 Å². The van der Waals surface area contributed by atoms with Gasteiger partial charge in [0.2, 0.25) is 5.91 Å². The summed E-state index contributed by atoms with van der Waals surface area (Å²) in [4.78, 5) is 52.4. The quantitative estimate of drug-likeness (QED) is 0.331. The minimum Gasteiger partial charge on any atom is -0.446 e. The second-order valence-electron chi connectivity index (χ2n) is 8.63. The van der Waals surface area contributed by atoms with Crippen LogP contribution in [0.25, 0.3) is 0 Å². The molecule has 1 fully saturated rings. The van der Waals surface area contributed by atoms with Crippen LogP contribution in [0.2, 0.25) is 0 Å². The fraction of sp³-hybridized carbons (Fsp3) is 0.346. The molecule has 2 aromatic carbocycles. The third-order valence-corrected chi connectivity index (χ3v) is 5.27. The number of hydrogen-bond acceptors (Lipinski definition) is 7. The lowest BCUT2D eigenvalue weighted by atomic mass is 10.1. The highest BCUT2D eigenvalue weighted by molar-refractivity contribution is 6.02. The zero-order valence-corrected chi connectivity index (χ0v) is 21.2. The highest BCUT2D eigenvalue weighted by Crippen LogP contribution is 2.11. The normalized spacial score (nSPS) is 15.7. The van der Waals surface area contributed by atoms with E-state index in [-0.39, 0.29) is 44.7 Å². The van der Waals surface area contributed by atoms with Crippen molar-refractivity contribution in [2.45, 2.75) is 45.6 Å². The van der Waals surface area contributed by atoms with Crippen molar-refractivity contribution in [1.82, 2.24) is 15.8 Å². The summed E-state index contributed by atoms with van der Waals surface area (Å²) >= 11 is 0. The average Bonchev–Trinajstić information content (AvgIpc) is 2.89. The molecule has 0 unspecified atom stereocenters. The predicted octanol–water partition coefficient (Wildman–Crippen LogP) is 2.01. The Hall–Kier alpha value is -4.45. The van der Waals surface area contributed by atoms with Gasteiger partial charge in [-0.15, -0.1) is 0 Å². The molecule has 1 aliphatic heterocycles. The highest BCUT2D eigenvalue weighted by atomic mass is 16.6. The summed E-state index contributed by atoms with van der Waals surface area (Å²) in [6.07, 6.45) is -3.13. The summed E-state index contributed by atoms with van der Waals surface area (Å²) in [5, 5.41) is 3.82. The van der Waals surface area contributed by atoms with Crippen molar-refractivity contribution in [3.63, 3.8) is 0 Å². The molecule has 1 atom stereocenters. The van der Waals surface area contributed by atoms with Gasteiger partial charge in [-0.05, 0) is 25.0 Å². The lowest BCUT2D eigenvalue weighted by Crippen LogP contribution is -2.56. The lowest BCUT2D eigenvalue weighted by Gasteiger charge is -2.31. The Kier molecular flexibility index (Phi) is 10.2. The van der Waals surface area contributed by atoms with Gasteiger partial charge in [-0.1, -0.05) is 54.6 Å². The first kappa shape index (κ1) is 28.1. The fourth-order valence-corrected chi connectivity index (χ4v) is 3.40. The van der Waals surface area contributed by atoms with Crippen LogP contribution in [0.5, 0.6) is 0 Å². The number of aliphatic imine (C=N–C) groups is 1. The number of nitrogens with zero attached hydrogens (tertiary/aromatic N) is 2. The Morgan fingerprint density at radius 2 is 1.82 bits per heavy atom. The minimum atomic E-state index is -1.02. The first-order valence-corrected chi connectivity index (χ1v) is 12.0. The van der Waals surface area contributed by atoms with Crippen LogP contribution in [0.4, 0.5) is 9.59 Å². The van der Waals surface area contributed by atoms with Crippen LogP contribution in [-0.2, 0) is 37.0 Å². The molecule has 12 nitrogen and oxygen atoms in total. The molecule has 202 valence electrons. The van der Waals surface area contributed by atoms with Crippen LogP contribution in [0.15, 0.2) is 59.6 Å². The second-order valence-corrected chi connectivity index (χ2v) is 8.63. The Bertz CT molecular complexity index is 1150. The molecule has 0 saturated carbocycles. The lowest BCUT2D eigenvalue weighted by molar-refractivity contribution is -0.159. The number of amidine groups is 1. The maximum Gasteiger partial charge on any atom is 0.435 e. The summed E-state index contributed by atoms with van der Waals surface area (Å²) in [7, 11) is 0. The molecule has 4 amide bonds. The third-order valence-electron chi connectivity index (χ3n) is 5.27. The van der Waals surface area contributed by atoms with E-state index in [0.29, 0.717) is 5.56 Å². The van der Waals surface area contributed by atoms with E-state index in [1.807, 2.05) is 30.3 Å². The van der Waals surface area contributed by atoms with Gasteiger partial charge in [0.15, 0.2) is 0 Å². The van der Waals surface area contributed by atoms with E-state index in [4.69, 9.17) is 19.9 Å². The number of benzene rings is 2. The van der Waals surface area contributed by atoms with E-state index in [9.17, 15) is 19.2 Å². The van der Waals surface area contributed by atoms with Crippen LogP contribution in [0.3, 0.4) is 0 Å². The number of nitrogens with one attached hydrogen (secondary N) is 2. The number of ether oxygens (including phenoxy) is 3. The number of nitrogens with two attached hydrogens (primary N) is 1. The summed E-state index contributed by atoms with van der Waals surface area (Å²) in [6.45, 7) is 3.97. The van der Waals surface area contributed by atoms with Crippen molar-refractivity contribution in [3.8, 4) is 0 Å². The molecule has 0 bridgehead atoms. The maximum absolute atomic E-state index is 12.5. The Balaban J connectivity index is 1.44. The zero-order valence-electron chi connectivity index (χ0n) is 21.2. The standard InChI is InChI=1S/C26H31N5O7/c1-17(2)38-26(35)30-31-12-13-36-21(24(31)33)14-22(32)28-15-18-8-10-20(11-9-18)23(27)29-25(34)37-16-19-6-4-3-5-7-19/h3-11,17,21H,12-16H2,1-2H3,(H,28,32)(H,30,35)(H2,27,29,34)/t21-/m1/s1. The molecule has 0 radical (unpaired) electrons. The number of rotatable bonds is 9. The van der Waals surface area contributed by atoms with Gasteiger partial charge >= 0.3 is 12.2 Å². The van der Waals surface area contributed by atoms with Crippen LogP contribution in [0.1, 0.15) is 37.0 Å². The monoisotopic (exact) mass is 525 g/mol. The first-order chi connectivity index (χ1) is 18.2. The molecule has 2 aromatic rings. The van der Waals surface area contributed by atoms with E-state index < -0.39 is 30.1 Å². The molecule has 0 spiro atoms.